The van der Waals surface area contributed by atoms with Crippen LogP contribution in [0.4, 0.5) is 0 Å². The zero-order valence-corrected chi connectivity index (χ0v) is 11.1. The number of piperazine rings is 1. The van der Waals surface area contributed by atoms with Crippen molar-refractivity contribution in [3.05, 3.63) is 28.8 Å². The van der Waals surface area contributed by atoms with Crippen LogP contribution in [0.15, 0.2) is 12.1 Å². The third-order valence-corrected chi connectivity index (χ3v) is 3.68. The Morgan fingerprint density at radius 1 is 1.22 bits per heavy atom. The fourth-order valence-corrected chi connectivity index (χ4v) is 2.86. The third kappa shape index (κ3) is 2.66. The highest BCUT2D eigenvalue weighted by Crippen LogP contribution is 2.30. The molecule has 4 heteroatoms. The van der Waals surface area contributed by atoms with E-state index in [2.05, 4.69) is 10.2 Å². The Labute approximate surface area is 108 Å². The Morgan fingerprint density at radius 2 is 1.78 bits per heavy atom. The van der Waals surface area contributed by atoms with E-state index in [1.807, 2.05) is 13.8 Å². The van der Waals surface area contributed by atoms with Crippen LogP contribution in [0.3, 0.4) is 0 Å². The third-order valence-electron chi connectivity index (χ3n) is 3.68. The lowest BCUT2D eigenvalue weighted by molar-refractivity contribution is 0.110. The van der Waals surface area contributed by atoms with E-state index in [-0.39, 0.29) is 12.6 Å². The molecule has 2 rings (SSSR count). The lowest BCUT2D eigenvalue weighted by Gasteiger charge is -2.35. The van der Waals surface area contributed by atoms with Gasteiger partial charge in [-0.05, 0) is 42.7 Å². The minimum Gasteiger partial charge on any atom is -0.508 e. The number of phenols is 1. The first-order valence-corrected chi connectivity index (χ1v) is 6.49. The van der Waals surface area contributed by atoms with Crippen molar-refractivity contribution in [3.63, 3.8) is 0 Å². The number of hydrogen-bond acceptors (Lipinski definition) is 4. The second-order valence-electron chi connectivity index (χ2n) is 4.98. The van der Waals surface area contributed by atoms with Crippen LogP contribution < -0.4 is 5.32 Å². The van der Waals surface area contributed by atoms with Gasteiger partial charge < -0.3 is 15.5 Å². The quantitative estimate of drug-likeness (QED) is 0.747. The maximum atomic E-state index is 9.73. The van der Waals surface area contributed by atoms with E-state index in [9.17, 15) is 10.2 Å². The number of aliphatic hydroxyl groups excluding tert-OH is 1. The van der Waals surface area contributed by atoms with Gasteiger partial charge in [0, 0.05) is 26.2 Å². The number of rotatable bonds is 3. The van der Waals surface area contributed by atoms with E-state index < -0.39 is 0 Å². The van der Waals surface area contributed by atoms with Crippen molar-refractivity contribution in [3.8, 4) is 5.75 Å². The lowest BCUT2D eigenvalue weighted by Crippen LogP contribution is -2.46. The second kappa shape index (κ2) is 5.69. The fraction of sp³-hybridized carbons (Fsp3) is 0.571. The molecule has 0 aromatic heterocycles. The number of aryl methyl sites for hydroxylation is 2. The minimum atomic E-state index is 0.0349. The van der Waals surface area contributed by atoms with Crippen LogP contribution in [0.5, 0.6) is 5.75 Å². The van der Waals surface area contributed by atoms with Crippen molar-refractivity contribution < 1.29 is 10.2 Å². The van der Waals surface area contributed by atoms with E-state index in [1.165, 1.54) is 0 Å². The summed E-state index contributed by atoms with van der Waals surface area (Å²) in [4.78, 5) is 2.31. The van der Waals surface area contributed by atoms with Gasteiger partial charge in [0.15, 0.2) is 0 Å². The minimum absolute atomic E-state index is 0.0349. The first-order chi connectivity index (χ1) is 8.63. The van der Waals surface area contributed by atoms with E-state index in [4.69, 9.17) is 0 Å². The lowest BCUT2D eigenvalue weighted by atomic mass is 9.94. The molecule has 0 aliphatic carbocycles. The Balaban J connectivity index is 2.32. The van der Waals surface area contributed by atoms with Gasteiger partial charge in [-0.2, -0.15) is 0 Å². The van der Waals surface area contributed by atoms with Gasteiger partial charge in [-0.3, -0.25) is 4.90 Å². The van der Waals surface area contributed by atoms with Crippen LogP contribution in [0.25, 0.3) is 0 Å². The van der Waals surface area contributed by atoms with Gasteiger partial charge in [-0.25, -0.2) is 0 Å². The molecule has 3 N–H and O–H groups in total. The highest BCUT2D eigenvalue weighted by molar-refractivity contribution is 5.42. The average molecular weight is 250 g/mol. The Morgan fingerprint density at radius 3 is 2.28 bits per heavy atom. The van der Waals surface area contributed by atoms with E-state index in [1.54, 1.807) is 12.1 Å². The van der Waals surface area contributed by atoms with Crippen LogP contribution in [0.1, 0.15) is 22.7 Å². The SMILES string of the molecule is Cc1cc(O)cc(C)c1[C@H](CO)N1CCNCC1. The molecule has 0 radical (unpaired) electrons. The van der Waals surface area contributed by atoms with Crippen molar-refractivity contribution in [1.29, 1.82) is 0 Å². The molecule has 1 aliphatic rings. The normalized spacial score (nSPS) is 18.8. The summed E-state index contributed by atoms with van der Waals surface area (Å²) in [6, 6.07) is 3.58. The zero-order valence-electron chi connectivity index (χ0n) is 11.1. The van der Waals surface area contributed by atoms with Crippen molar-refractivity contribution in [2.75, 3.05) is 32.8 Å². The van der Waals surface area contributed by atoms with Gasteiger partial charge in [-0.1, -0.05) is 0 Å². The molecule has 1 heterocycles. The molecule has 0 spiro atoms. The highest BCUT2D eigenvalue weighted by Gasteiger charge is 2.24. The van der Waals surface area contributed by atoms with Crippen molar-refractivity contribution in [2.24, 2.45) is 0 Å². The molecule has 0 unspecified atom stereocenters. The monoisotopic (exact) mass is 250 g/mol. The fourth-order valence-electron chi connectivity index (χ4n) is 2.86. The van der Waals surface area contributed by atoms with E-state index in [0.717, 1.165) is 42.9 Å². The molecule has 1 aromatic rings. The molecule has 0 amide bonds. The summed E-state index contributed by atoms with van der Waals surface area (Å²) >= 11 is 0. The van der Waals surface area contributed by atoms with Gasteiger partial charge in [0.05, 0.1) is 12.6 Å². The van der Waals surface area contributed by atoms with Crippen LogP contribution in [0.2, 0.25) is 0 Å². The first kappa shape index (κ1) is 13.3. The summed E-state index contributed by atoms with van der Waals surface area (Å²) in [5, 5.41) is 22.6. The molecule has 0 saturated carbocycles. The van der Waals surface area contributed by atoms with Gasteiger partial charge in [0.25, 0.3) is 0 Å². The summed E-state index contributed by atoms with van der Waals surface area (Å²) in [5.74, 6) is 0.297. The van der Waals surface area contributed by atoms with Crippen molar-refractivity contribution in [1.82, 2.24) is 10.2 Å². The number of aliphatic hydroxyl groups is 1. The first-order valence-electron chi connectivity index (χ1n) is 6.49. The number of nitrogens with zero attached hydrogens (tertiary/aromatic N) is 1. The van der Waals surface area contributed by atoms with Crippen LogP contribution in [0, 0.1) is 13.8 Å². The Kier molecular flexibility index (Phi) is 4.22. The number of nitrogens with one attached hydrogen (secondary N) is 1. The van der Waals surface area contributed by atoms with Gasteiger partial charge in [0.1, 0.15) is 5.75 Å². The number of benzene rings is 1. The molecule has 0 bridgehead atoms. The Hall–Kier alpha value is -1.10. The Bertz CT molecular complexity index is 391. The molecule has 1 aliphatic heterocycles. The summed E-state index contributed by atoms with van der Waals surface area (Å²) in [7, 11) is 0. The van der Waals surface area contributed by atoms with Gasteiger partial charge in [0.2, 0.25) is 0 Å². The predicted octanol–water partition coefficient (Wildman–Crippen LogP) is 0.948. The van der Waals surface area contributed by atoms with Crippen molar-refractivity contribution in [2.45, 2.75) is 19.9 Å². The summed E-state index contributed by atoms with van der Waals surface area (Å²) < 4.78 is 0. The summed E-state index contributed by atoms with van der Waals surface area (Å²) in [5.41, 5.74) is 3.24. The van der Waals surface area contributed by atoms with Crippen LogP contribution in [-0.4, -0.2) is 47.9 Å². The predicted molar refractivity (Wildman–Crippen MR) is 71.9 cm³/mol. The standard InChI is InChI=1S/C14H22N2O2/c1-10-7-12(18)8-11(2)14(10)13(9-17)16-5-3-15-4-6-16/h7-8,13,15,17-18H,3-6,9H2,1-2H3/t13-/m0/s1. The zero-order chi connectivity index (χ0) is 13.1. The summed E-state index contributed by atoms with van der Waals surface area (Å²) in [6.45, 7) is 7.93. The van der Waals surface area contributed by atoms with Crippen LogP contribution >= 0.6 is 0 Å². The van der Waals surface area contributed by atoms with Gasteiger partial charge >= 0.3 is 0 Å². The van der Waals surface area contributed by atoms with E-state index >= 15 is 0 Å². The number of hydrogen-bond donors (Lipinski definition) is 3. The maximum absolute atomic E-state index is 9.73. The van der Waals surface area contributed by atoms with E-state index in [0.29, 0.717) is 5.75 Å². The molecule has 100 valence electrons. The molecule has 1 fully saturated rings. The molecule has 1 aromatic carbocycles. The van der Waals surface area contributed by atoms with Crippen molar-refractivity contribution >= 4 is 0 Å². The second-order valence-corrected chi connectivity index (χ2v) is 4.98. The number of phenolic OH excluding ortho intramolecular Hbond substituents is 1. The molecule has 4 nitrogen and oxygen atoms in total. The number of aromatic hydroxyl groups is 1. The maximum Gasteiger partial charge on any atom is 0.116 e. The highest BCUT2D eigenvalue weighted by atomic mass is 16.3. The smallest absolute Gasteiger partial charge is 0.116 e. The molecule has 1 saturated heterocycles. The average Bonchev–Trinajstić information content (AvgIpc) is 2.34. The molecule has 18 heavy (non-hydrogen) atoms. The molecule has 1 atom stereocenters. The topological polar surface area (TPSA) is 55.7 Å². The van der Waals surface area contributed by atoms with Crippen LogP contribution in [-0.2, 0) is 0 Å². The van der Waals surface area contributed by atoms with Gasteiger partial charge in [-0.15, -0.1) is 0 Å². The summed E-state index contributed by atoms with van der Waals surface area (Å²) in [6.07, 6.45) is 0. The molecular weight excluding hydrogens is 228 g/mol. The molecular formula is C14H22N2O2. The largest absolute Gasteiger partial charge is 0.508 e.